The Morgan fingerprint density at radius 1 is 1.52 bits per heavy atom. The number of hydrogen-bond donors (Lipinski definition) is 3. The van der Waals surface area contributed by atoms with Gasteiger partial charge in [0.15, 0.2) is 0 Å². The summed E-state index contributed by atoms with van der Waals surface area (Å²) in [6, 6.07) is 2.79. The minimum atomic E-state index is -3.83. The summed E-state index contributed by atoms with van der Waals surface area (Å²) in [7, 11) is -3.83. The van der Waals surface area contributed by atoms with E-state index in [0.29, 0.717) is 5.56 Å². The van der Waals surface area contributed by atoms with E-state index in [1.165, 1.54) is 6.20 Å². The number of H-pyrrole nitrogens is 1. The van der Waals surface area contributed by atoms with Crippen LogP contribution in [-0.4, -0.2) is 23.6 Å². The predicted octanol–water partition coefficient (Wildman–Crippen LogP) is 1.22. The van der Waals surface area contributed by atoms with E-state index in [1.807, 2.05) is 0 Å². The van der Waals surface area contributed by atoms with Gasteiger partial charge in [-0.2, -0.15) is 5.10 Å². The van der Waals surface area contributed by atoms with Gasteiger partial charge in [-0.15, -0.1) is 0 Å². The van der Waals surface area contributed by atoms with Crippen molar-refractivity contribution in [3.8, 4) is 0 Å². The first-order valence-electron chi connectivity index (χ1n) is 5.91. The molecule has 0 amide bonds. The number of nitrogens with two attached hydrogens (primary N) is 1. The molecule has 1 atom stereocenters. The molecule has 1 aromatic heterocycles. The molecule has 0 bridgehead atoms. The van der Waals surface area contributed by atoms with Crippen molar-refractivity contribution in [2.75, 3.05) is 0 Å². The molecular formula is C12H13FN4O2S2. The molecule has 112 valence electrons. The third kappa shape index (κ3) is 3.43. The molecule has 1 heterocycles. The lowest BCUT2D eigenvalue weighted by Crippen LogP contribution is -2.27. The van der Waals surface area contributed by atoms with Gasteiger partial charge in [-0.05, 0) is 25.1 Å². The molecule has 6 nitrogen and oxygen atoms in total. The van der Waals surface area contributed by atoms with E-state index >= 15 is 0 Å². The Labute approximate surface area is 126 Å². The minimum Gasteiger partial charge on any atom is -0.389 e. The Balaban J connectivity index is 2.32. The number of nitrogens with zero attached hydrogens (tertiary/aromatic N) is 1. The highest BCUT2D eigenvalue weighted by molar-refractivity contribution is 7.89. The molecule has 0 radical (unpaired) electrons. The maximum Gasteiger partial charge on any atom is 0.241 e. The van der Waals surface area contributed by atoms with Gasteiger partial charge < -0.3 is 5.73 Å². The first-order valence-corrected chi connectivity index (χ1v) is 7.81. The van der Waals surface area contributed by atoms with Crippen LogP contribution >= 0.6 is 12.2 Å². The van der Waals surface area contributed by atoms with Gasteiger partial charge in [0.05, 0.1) is 11.1 Å². The summed E-state index contributed by atoms with van der Waals surface area (Å²) in [6.07, 6.45) is 3.09. The van der Waals surface area contributed by atoms with Crippen LogP contribution in [-0.2, 0) is 10.0 Å². The zero-order valence-electron chi connectivity index (χ0n) is 11.0. The summed E-state index contributed by atoms with van der Waals surface area (Å²) in [4.78, 5) is -0.311. The van der Waals surface area contributed by atoms with Gasteiger partial charge in [0.1, 0.15) is 10.8 Å². The third-order valence-corrected chi connectivity index (χ3v) is 4.62. The predicted molar refractivity (Wildman–Crippen MR) is 79.6 cm³/mol. The second kappa shape index (κ2) is 5.88. The van der Waals surface area contributed by atoms with E-state index in [-0.39, 0.29) is 15.4 Å². The molecule has 0 aliphatic rings. The molecule has 0 aliphatic carbocycles. The SMILES string of the molecule is CC(NS(=O)(=O)c1ccc(F)c(C(N)=S)c1)c1cn[nH]c1. The summed E-state index contributed by atoms with van der Waals surface area (Å²) < 4.78 is 40.5. The van der Waals surface area contributed by atoms with Crippen molar-refractivity contribution in [1.82, 2.24) is 14.9 Å². The fraction of sp³-hybridized carbons (Fsp3) is 0.167. The van der Waals surface area contributed by atoms with Gasteiger partial charge in [0.25, 0.3) is 0 Å². The van der Waals surface area contributed by atoms with Crippen LogP contribution in [0.2, 0.25) is 0 Å². The van der Waals surface area contributed by atoms with Gasteiger partial charge in [-0.1, -0.05) is 12.2 Å². The third-order valence-electron chi connectivity index (χ3n) is 2.86. The zero-order valence-corrected chi connectivity index (χ0v) is 12.6. The molecule has 1 aromatic carbocycles. The minimum absolute atomic E-state index is 0.108. The van der Waals surface area contributed by atoms with Crippen molar-refractivity contribution in [3.05, 3.63) is 47.5 Å². The lowest BCUT2D eigenvalue weighted by Gasteiger charge is -2.13. The van der Waals surface area contributed by atoms with Crippen LogP contribution in [0.3, 0.4) is 0 Å². The van der Waals surface area contributed by atoms with E-state index < -0.39 is 21.9 Å². The summed E-state index contributed by atoms with van der Waals surface area (Å²) in [6.45, 7) is 1.67. The molecule has 0 fully saturated rings. The van der Waals surface area contributed by atoms with E-state index in [0.717, 1.165) is 18.2 Å². The Hall–Kier alpha value is -1.84. The second-order valence-corrected chi connectivity index (χ2v) is 6.53. The lowest BCUT2D eigenvalue weighted by atomic mass is 10.2. The van der Waals surface area contributed by atoms with Crippen LogP contribution in [0.15, 0.2) is 35.5 Å². The zero-order chi connectivity index (χ0) is 15.6. The van der Waals surface area contributed by atoms with Crippen LogP contribution < -0.4 is 10.5 Å². The van der Waals surface area contributed by atoms with Crippen molar-refractivity contribution in [2.45, 2.75) is 17.9 Å². The first kappa shape index (κ1) is 15.5. The molecule has 1 unspecified atom stereocenters. The fourth-order valence-electron chi connectivity index (χ4n) is 1.73. The molecule has 2 rings (SSSR count). The van der Waals surface area contributed by atoms with Gasteiger partial charge in [-0.3, -0.25) is 5.10 Å². The summed E-state index contributed by atoms with van der Waals surface area (Å²) in [5.74, 6) is -0.663. The molecule has 21 heavy (non-hydrogen) atoms. The van der Waals surface area contributed by atoms with E-state index in [9.17, 15) is 12.8 Å². The summed E-state index contributed by atoms with van der Waals surface area (Å²) in [5.41, 5.74) is 5.94. The Kier molecular flexibility index (Phi) is 4.35. The van der Waals surface area contributed by atoms with Crippen LogP contribution in [0.1, 0.15) is 24.1 Å². The maximum absolute atomic E-state index is 13.5. The molecule has 0 saturated carbocycles. The number of rotatable bonds is 5. The standard InChI is InChI=1S/C12H13FN4O2S2/c1-7(8-5-15-16-6-8)17-21(18,19)9-2-3-11(13)10(4-9)12(14)20/h2-7,17H,1H3,(H2,14,20)(H,15,16). The van der Waals surface area contributed by atoms with E-state index in [2.05, 4.69) is 14.9 Å². The van der Waals surface area contributed by atoms with Crippen LogP contribution in [0.25, 0.3) is 0 Å². The monoisotopic (exact) mass is 328 g/mol. The highest BCUT2D eigenvalue weighted by atomic mass is 32.2. The van der Waals surface area contributed by atoms with Crippen molar-refractivity contribution in [3.63, 3.8) is 0 Å². The van der Waals surface area contributed by atoms with Crippen LogP contribution in [0.4, 0.5) is 4.39 Å². The van der Waals surface area contributed by atoms with Gasteiger partial charge in [-0.25, -0.2) is 17.5 Å². The smallest absolute Gasteiger partial charge is 0.241 e. The average Bonchev–Trinajstić information content (AvgIpc) is 2.92. The average molecular weight is 328 g/mol. The molecule has 2 aromatic rings. The maximum atomic E-state index is 13.5. The quantitative estimate of drug-likeness (QED) is 0.717. The first-order chi connectivity index (χ1) is 9.81. The number of aromatic amines is 1. The number of benzene rings is 1. The normalized spacial score (nSPS) is 13.0. The van der Waals surface area contributed by atoms with Gasteiger partial charge in [0.2, 0.25) is 10.0 Å². The van der Waals surface area contributed by atoms with Gasteiger partial charge >= 0.3 is 0 Å². The Morgan fingerprint density at radius 3 is 2.81 bits per heavy atom. The highest BCUT2D eigenvalue weighted by Gasteiger charge is 2.20. The molecule has 4 N–H and O–H groups in total. The Morgan fingerprint density at radius 2 is 2.24 bits per heavy atom. The van der Waals surface area contributed by atoms with E-state index in [4.69, 9.17) is 18.0 Å². The van der Waals surface area contributed by atoms with Crippen molar-refractivity contribution in [2.24, 2.45) is 5.73 Å². The largest absolute Gasteiger partial charge is 0.389 e. The number of sulfonamides is 1. The molecule has 0 saturated heterocycles. The molecule has 0 aliphatic heterocycles. The number of aromatic nitrogens is 2. The number of nitrogens with one attached hydrogen (secondary N) is 2. The van der Waals surface area contributed by atoms with Crippen molar-refractivity contribution in [1.29, 1.82) is 0 Å². The van der Waals surface area contributed by atoms with Crippen molar-refractivity contribution < 1.29 is 12.8 Å². The second-order valence-electron chi connectivity index (χ2n) is 4.38. The van der Waals surface area contributed by atoms with E-state index in [1.54, 1.807) is 13.1 Å². The molecule has 0 spiro atoms. The summed E-state index contributed by atoms with van der Waals surface area (Å²) >= 11 is 4.70. The fourth-order valence-corrected chi connectivity index (χ4v) is 3.14. The summed E-state index contributed by atoms with van der Waals surface area (Å²) in [5, 5.41) is 6.35. The lowest BCUT2D eigenvalue weighted by molar-refractivity contribution is 0.566. The van der Waals surface area contributed by atoms with Crippen LogP contribution in [0.5, 0.6) is 0 Å². The molecular weight excluding hydrogens is 315 g/mol. The Bertz CT molecular complexity index is 760. The number of halogens is 1. The van der Waals surface area contributed by atoms with Crippen molar-refractivity contribution >= 4 is 27.2 Å². The number of hydrogen-bond acceptors (Lipinski definition) is 4. The van der Waals surface area contributed by atoms with Crippen LogP contribution in [0, 0.1) is 5.82 Å². The highest BCUT2D eigenvalue weighted by Crippen LogP contribution is 2.18. The van der Waals surface area contributed by atoms with Gasteiger partial charge in [0, 0.05) is 23.4 Å². The molecule has 9 heteroatoms. The topological polar surface area (TPSA) is 101 Å². The number of thiocarbonyl (C=S) groups is 1.